The van der Waals surface area contributed by atoms with Crippen molar-refractivity contribution in [1.82, 2.24) is 9.97 Å². The lowest BCUT2D eigenvalue weighted by molar-refractivity contribution is 0.102. The molecule has 0 radical (unpaired) electrons. The molecular weight excluding hydrogens is 466 g/mol. The number of likely N-dealkylation sites (N-methyl/N-ethyl adjacent to an activating group) is 1. The summed E-state index contributed by atoms with van der Waals surface area (Å²) >= 11 is 1.44. The monoisotopic (exact) mass is 497 g/mol. The molecule has 2 aromatic heterocycles. The van der Waals surface area contributed by atoms with Crippen molar-refractivity contribution in [3.63, 3.8) is 0 Å². The number of methoxy groups -OCH3 is 2. The number of anilines is 3. The topological polar surface area (TPSA) is 100 Å². The Morgan fingerprint density at radius 1 is 1.06 bits per heavy atom. The Labute approximate surface area is 210 Å². The summed E-state index contributed by atoms with van der Waals surface area (Å²) in [4.78, 5) is 26.0. The molecule has 35 heavy (non-hydrogen) atoms. The molecule has 9 nitrogen and oxygen atoms in total. The van der Waals surface area contributed by atoms with E-state index in [1.54, 1.807) is 38.6 Å². The molecule has 0 unspecified atom stereocenters. The van der Waals surface area contributed by atoms with Crippen molar-refractivity contribution in [2.75, 3.05) is 63.6 Å². The highest BCUT2D eigenvalue weighted by Crippen LogP contribution is 2.33. The van der Waals surface area contributed by atoms with Crippen molar-refractivity contribution >= 4 is 35.0 Å². The molecule has 0 aliphatic heterocycles. The van der Waals surface area contributed by atoms with Gasteiger partial charge in [-0.25, -0.2) is 9.97 Å². The van der Waals surface area contributed by atoms with Crippen LogP contribution in [0.2, 0.25) is 0 Å². The molecule has 186 valence electrons. The summed E-state index contributed by atoms with van der Waals surface area (Å²) in [5, 5.41) is 12.8. The third kappa shape index (κ3) is 6.77. The number of nitrogens with one attached hydrogen (secondary N) is 1. The minimum Gasteiger partial charge on any atom is -0.497 e. The molecule has 0 aliphatic rings. The minimum atomic E-state index is -0.269. The van der Waals surface area contributed by atoms with Gasteiger partial charge in [0.2, 0.25) is 0 Å². The summed E-state index contributed by atoms with van der Waals surface area (Å²) in [5.41, 5.74) is 2.04. The molecule has 0 spiro atoms. The second-order valence-corrected chi connectivity index (χ2v) is 8.85. The van der Waals surface area contributed by atoms with E-state index in [-0.39, 0.29) is 12.5 Å². The Morgan fingerprint density at radius 2 is 1.86 bits per heavy atom. The van der Waals surface area contributed by atoms with Gasteiger partial charge >= 0.3 is 0 Å². The van der Waals surface area contributed by atoms with Gasteiger partial charge in [-0.15, -0.1) is 11.8 Å². The van der Waals surface area contributed by atoms with Crippen LogP contribution in [0.25, 0.3) is 0 Å². The van der Waals surface area contributed by atoms with Crippen LogP contribution in [0.1, 0.15) is 15.9 Å². The van der Waals surface area contributed by atoms with Crippen LogP contribution in [0.3, 0.4) is 0 Å². The second-order valence-electron chi connectivity index (χ2n) is 7.89. The van der Waals surface area contributed by atoms with E-state index in [2.05, 4.69) is 10.3 Å². The van der Waals surface area contributed by atoms with Crippen molar-refractivity contribution in [1.29, 1.82) is 0 Å². The number of ether oxygens (including phenoxy) is 2. The lowest BCUT2D eigenvalue weighted by Gasteiger charge is -2.19. The quantitative estimate of drug-likeness (QED) is 0.385. The van der Waals surface area contributed by atoms with Gasteiger partial charge in [0, 0.05) is 63.0 Å². The van der Waals surface area contributed by atoms with E-state index < -0.39 is 0 Å². The van der Waals surface area contributed by atoms with Gasteiger partial charge in [-0.2, -0.15) is 0 Å². The normalized spacial score (nSPS) is 10.6. The fraction of sp³-hybridized carbons (Fsp3) is 0.320. The molecule has 10 heteroatoms. The maximum absolute atomic E-state index is 13.2. The van der Waals surface area contributed by atoms with Crippen LogP contribution in [0, 0.1) is 0 Å². The molecule has 3 rings (SSSR count). The lowest BCUT2D eigenvalue weighted by Crippen LogP contribution is -2.23. The van der Waals surface area contributed by atoms with Crippen LogP contribution in [-0.4, -0.2) is 69.5 Å². The SMILES string of the molecule is COc1ccc(CSc2nc(N(C)CCO)ccc2C(=O)Nc2ccnc(N(C)C)c2)c(OC)c1. The van der Waals surface area contributed by atoms with Crippen LogP contribution >= 0.6 is 11.8 Å². The molecule has 0 aliphatic carbocycles. The van der Waals surface area contributed by atoms with Crippen LogP contribution < -0.4 is 24.6 Å². The van der Waals surface area contributed by atoms with Crippen molar-refractivity contribution in [3.8, 4) is 11.5 Å². The molecule has 1 amide bonds. The number of benzene rings is 1. The number of thioether (sulfide) groups is 1. The highest BCUT2D eigenvalue weighted by atomic mass is 32.2. The first kappa shape index (κ1) is 26.1. The molecule has 2 N–H and O–H groups in total. The van der Waals surface area contributed by atoms with Gasteiger partial charge in [-0.1, -0.05) is 6.07 Å². The van der Waals surface area contributed by atoms with Crippen molar-refractivity contribution in [2.45, 2.75) is 10.8 Å². The highest BCUT2D eigenvalue weighted by Gasteiger charge is 2.17. The standard InChI is InChI=1S/C25H31N5O4S/c1-29(2)23-14-18(10-11-26-23)27-24(32)20-8-9-22(30(3)12-13-31)28-25(20)35-16-17-6-7-19(33-4)15-21(17)34-5/h6-11,14-15,31H,12-13,16H2,1-5H3,(H,26,27,32). The first-order chi connectivity index (χ1) is 16.9. The van der Waals surface area contributed by atoms with E-state index in [9.17, 15) is 9.90 Å². The minimum absolute atomic E-state index is 0.00217. The predicted molar refractivity (Wildman–Crippen MR) is 140 cm³/mol. The third-order valence-electron chi connectivity index (χ3n) is 5.24. The van der Waals surface area contributed by atoms with Gasteiger partial charge in [0.15, 0.2) is 0 Å². The van der Waals surface area contributed by atoms with Crippen LogP contribution in [0.4, 0.5) is 17.3 Å². The number of carbonyl (C=O) groups excluding carboxylic acids is 1. The smallest absolute Gasteiger partial charge is 0.258 e. The zero-order valence-corrected chi connectivity index (χ0v) is 21.4. The van der Waals surface area contributed by atoms with Crippen molar-refractivity contribution < 1.29 is 19.4 Å². The predicted octanol–water partition coefficient (Wildman–Crippen LogP) is 3.53. The summed E-state index contributed by atoms with van der Waals surface area (Å²) in [6, 6.07) is 12.7. The van der Waals surface area contributed by atoms with E-state index in [0.717, 1.165) is 11.4 Å². The number of hydrogen-bond acceptors (Lipinski definition) is 9. The Balaban J connectivity index is 1.90. The van der Waals surface area contributed by atoms with Crippen LogP contribution in [0.15, 0.2) is 53.7 Å². The molecular formula is C25H31N5O4S. The highest BCUT2D eigenvalue weighted by molar-refractivity contribution is 7.98. The molecule has 0 atom stereocenters. The maximum atomic E-state index is 13.2. The number of pyridine rings is 2. The number of aliphatic hydroxyl groups is 1. The number of hydrogen-bond donors (Lipinski definition) is 2. The second kappa shape index (κ2) is 12.3. The van der Waals surface area contributed by atoms with E-state index in [1.165, 1.54) is 11.8 Å². The summed E-state index contributed by atoms with van der Waals surface area (Å²) in [6.07, 6.45) is 1.65. The maximum Gasteiger partial charge on any atom is 0.258 e. The number of amides is 1. The number of nitrogens with zero attached hydrogens (tertiary/aromatic N) is 4. The van der Waals surface area contributed by atoms with Crippen molar-refractivity contribution in [2.24, 2.45) is 0 Å². The van der Waals surface area contributed by atoms with E-state index in [0.29, 0.717) is 45.9 Å². The van der Waals surface area contributed by atoms with E-state index >= 15 is 0 Å². The Bertz CT molecular complexity index is 1160. The number of aliphatic hydroxyl groups excluding tert-OH is 1. The molecule has 2 heterocycles. The average Bonchev–Trinajstić information content (AvgIpc) is 2.87. The summed E-state index contributed by atoms with van der Waals surface area (Å²) in [7, 11) is 8.85. The van der Waals surface area contributed by atoms with Gasteiger partial charge in [-0.05, 0) is 24.3 Å². The average molecular weight is 498 g/mol. The van der Waals surface area contributed by atoms with Gasteiger partial charge in [0.25, 0.3) is 5.91 Å². The molecule has 0 fully saturated rings. The number of carbonyl (C=O) groups is 1. The van der Waals surface area contributed by atoms with Gasteiger partial charge in [0.05, 0.1) is 26.4 Å². The first-order valence-electron chi connectivity index (χ1n) is 11.0. The van der Waals surface area contributed by atoms with Crippen molar-refractivity contribution in [3.05, 3.63) is 59.8 Å². The fourth-order valence-corrected chi connectivity index (χ4v) is 4.25. The Hall–Kier alpha value is -3.50. The number of aromatic nitrogens is 2. The van der Waals surface area contributed by atoms with Gasteiger partial charge in [0.1, 0.15) is 28.2 Å². The molecule has 0 saturated carbocycles. The van der Waals surface area contributed by atoms with E-state index in [1.807, 2.05) is 55.2 Å². The zero-order valence-electron chi connectivity index (χ0n) is 20.6. The van der Waals surface area contributed by atoms with Gasteiger partial charge < -0.3 is 29.7 Å². The van der Waals surface area contributed by atoms with Crippen LogP contribution in [-0.2, 0) is 5.75 Å². The van der Waals surface area contributed by atoms with Crippen LogP contribution in [0.5, 0.6) is 11.5 Å². The van der Waals surface area contributed by atoms with Gasteiger partial charge in [-0.3, -0.25) is 4.79 Å². The van der Waals surface area contributed by atoms with E-state index in [4.69, 9.17) is 14.5 Å². The third-order valence-corrected chi connectivity index (χ3v) is 6.28. The Morgan fingerprint density at radius 3 is 2.54 bits per heavy atom. The summed E-state index contributed by atoms with van der Waals surface area (Å²) < 4.78 is 10.8. The molecule has 1 aromatic carbocycles. The summed E-state index contributed by atoms with van der Waals surface area (Å²) in [5.74, 6) is 3.07. The lowest BCUT2D eigenvalue weighted by atomic mass is 10.2. The largest absolute Gasteiger partial charge is 0.497 e. The summed E-state index contributed by atoms with van der Waals surface area (Å²) in [6.45, 7) is 0.432. The molecule has 3 aromatic rings. The Kier molecular flexibility index (Phi) is 9.16. The first-order valence-corrected chi connectivity index (χ1v) is 12.0. The zero-order chi connectivity index (χ0) is 25.4. The number of rotatable bonds is 11. The molecule has 0 saturated heterocycles. The fourth-order valence-electron chi connectivity index (χ4n) is 3.25. The molecule has 0 bridgehead atoms.